The zero-order valence-electron chi connectivity index (χ0n) is 14.5. The molecule has 0 aliphatic carbocycles. The normalized spacial score (nSPS) is 14.0. The van der Waals surface area contributed by atoms with Crippen molar-refractivity contribution in [3.8, 4) is 0 Å². The molecular weight excluding hydrogens is 319 g/mol. The summed E-state index contributed by atoms with van der Waals surface area (Å²) in [5, 5.41) is 27.7. The molecule has 0 aromatic carbocycles. The van der Waals surface area contributed by atoms with Crippen LogP contribution in [0.4, 0.5) is 0 Å². The van der Waals surface area contributed by atoms with E-state index in [4.69, 9.17) is 11.2 Å². The van der Waals surface area contributed by atoms with E-state index in [-0.39, 0.29) is 19.8 Å². The van der Waals surface area contributed by atoms with Crippen molar-refractivity contribution < 1.29 is 15.3 Å². The topological polar surface area (TPSA) is 60.7 Å². The van der Waals surface area contributed by atoms with Gasteiger partial charge < -0.3 is 0 Å². The molecule has 0 aromatic rings. The molecule has 0 saturated carbocycles. The Bertz CT molecular complexity index is 240. The summed E-state index contributed by atoms with van der Waals surface area (Å²) in [6.07, 6.45) is 13.5. The molecule has 3 nitrogen and oxygen atoms in total. The third-order valence-corrected chi connectivity index (χ3v) is 12.5. The van der Waals surface area contributed by atoms with Gasteiger partial charge in [-0.25, -0.2) is 0 Å². The van der Waals surface area contributed by atoms with Gasteiger partial charge >= 0.3 is 142 Å². The minimum absolute atomic E-state index is 0.180. The molecule has 0 aliphatic heterocycles. The van der Waals surface area contributed by atoms with Gasteiger partial charge in [0.15, 0.2) is 0 Å². The first-order valence-corrected chi connectivity index (χ1v) is 13.0. The van der Waals surface area contributed by atoms with Gasteiger partial charge in [0.1, 0.15) is 0 Å². The Hall–Kier alpha value is 0.600. The second-order valence-corrected chi connectivity index (χ2v) is 15.0. The average molecular weight is 357 g/mol. The molecule has 3 N–H and O–H groups in total. The van der Waals surface area contributed by atoms with Gasteiger partial charge in [-0.2, -0.15) is 0 Å². The van der Waals surface area contributed by atoms with Crippen LogP contribution in [0.1, 0.15) is 64.7 Å². The summed E-state index contributed by atoms with van der Waals surface area (Å²) in [5.41, 5.74) is 0. The Kier molecular flexibility index (Phi) is 13.3. The predicted molar refractivity (Wildman–Crippen MR) is 101 cm³/mol. The van der Waals surface area contributed by atoms with Crippen LogP contribution in [0.2, 0.25) is 0 Å². The van der Waals surface area contributed by atoms with E-state index in [2.05, 4.69) is 6.92 Å². The maximum absolute atomic E-state index is 9.23. The second kappa shape index (κ2) is 13.0. The predicted octanol–water partition coefficient (Wildman–Crippen LogP) is 4.20. The summed E-state index contributed by atoms with van der Waals surface area (Å²) < 4.78 is 0. The van der Waals surface area contributed by atoms with E-state index in [1.165, 1.54) is 32.1 Å². The number of aliphatic hydroxyl groups is 3. The Morgan fingerprint density at radius 1 is 0.591 bits per heavy atom. The first kappa shape index (κ1) is 22.6. The van der Waals surface area contributed by atoms with Gasteiger partial charge in [0.25, 0.3) is 0 Å². The molecule has 0 rings (SSSR count). The first-order chi connectivity index (χ1) is 10.5. The Labute approximate surface area is 142 Å². The van der Waals surface area contributed by atoms with Gasteiger partial charge in [0.2, 0.25) is 0 Å². The van der Waals surface area contributed by atoms with Crippen molar-refractivity contribution >= 4 is 17.2 Å². The molecule has 136 valence electrons. The molecule has 0 spiro atoms. The van der Waals surface area contributed by atoms with Crippen molar-refractivity contribution in [3.05, 3.63) is 0 Å². The van der Waals surface area contributed by atoms with Crippen molar-refractivity contribution in [2.75, 3.05) is 44.5 Å². The molecule has 0 amide bonds. The summed E-state index contributed by atoms with van der Waals surface area (Å²) in [7, 11) is 0. The second-order valence-electron chi connectivity index (χ2n) is 6.71. The van der Waals surface area contributed by atoms with Gasteiger partial charge in [-0.3, -0.25) is 0 Å². The van der Waals surface area contributed by atoms with Crippen molar-refractivity contribution in [2.45, 2.75) is 64.7 Å². The van der Waals surface area contributed by atoms with Crippen molar-refractivity contribution in [1.82, 2.24) is 0 Å². The number of unbranched alkanes of at least 4 members (excludes halogenated alkanes) is 5. The first-order valence-electron chi connectivity index (χ1n) is 9.09. The quantitative estimate of drug-likeness (QED) is 0.287. The number of halogens is 1. The molecule has 0 aromatic heterocycles. The SMILES string of the molecule is CCCCCCCCP(Cl)(CCCO)(CCCO)CCCO. The van der Waals surface area contributed by atoms with Crippen LogP contribution in [0.3, 0.4) is 0 Å². The fraction of sp³-hybridized carbons (Fsp3) is 1.00. The molecule has 0 heterocycles. The van der Waals surface area contributed by atoms with Crippen molar-refractivity contribution in [1.29, 1.82) is 0 Å². The molecule has 22 heavy (non-hydrogen) atoms. The third kappa shape index (κ3) is 9.67. The van der Waals surface area contributed by atoms with Gasteiger partial charge in [0, 0.05) is 0 Å². The monoisotopic (exact) mass is 356 g/mol. The van der Waals surface area contributed by atoms with Gasteiger partial charge in [-0.15, -0.1) is 0 Å². The molecule has 0 radical (unpaired) electrons. The zero-order chi connectivity index (χ0) is 16.8. The minimum atomic E-state index is -2.42. The molecule has 0 bridgehead atoms. The van der Waals surface area contributed by atoms with Crippen LogP contribution in [0, 0.1) is 0 Å². The molecule has 0 saturated heterocycles. The van der Waals surface area contributed by atoms with E-state index in [0.29, 0.717) is 0 Å². The number of hydrogen-bond acceptors (Lipinski definition) is 3. The fourth-order valence-corrected chi connectivity index (χ4v) is 9.94. The van der Waals surface area contributed by atoms with Crippen LogP contribution >= 0.6 is 17.2 Å². The van der Waals surface area contributed by atoms with E-state index in [1.807, 2.05) is 0 Å². The van der Waals surface area contributed by atoms with E-state index in [9.17, 15) is 15.3 Å². The molecule has 0 unspecified atom stereocenters. The molecular formula is C17H38ClO3P. The summed E-state index contributed by atoms with van der Waals surface area (Å²) in [5.74, 6) is -2.42. The maximum atomic E-state index is 9.23. The Balaban J connectivity index is 4.62. The molecule has 5 heteroatoms. The summed E-state index contributed by atoms with van der Waals surface area (Å²) in [6.45, 7) is 2.77. The van der Waals surface area contributed by atoms with E-state index in [1.54, 1.807) is 0 Å². The molecule has 0 aliphatic rings. The summed E-state index contributed by atoms with van der Waals surface area (Å²) >= 11 is 7.27. The summed E-state index contributed by atoms with van der Waals surface area (Å²) in [6, 6.07) is 0. The van der Waals surface area contributed by atoms with Gasteiger partial charge in [-0.05, 0) is 0 Å². The van der Waals surface area contributed by atoms with Crippen LogP contribution < -0.4 is 0 Å². The molecule has 0 atom stereocenters. The fourth-order valence-electron chi connectivity index (χ4n) is 3.36. The number of rotatable bonds is 16. The van der Waals surface area contributed by atoms with Crippen LogP contribution in [0.15, 0.2) is 0 Å². The van der Waals surface area contributed by atoms with Crippen LogP contribution in [0.25, 0.3) is 0 Å². The van der Waals surface area contributed by atoms with Crippen LogP contribution in [-0.2, 0) is 0 Å². The van der Waals surface area contributed by atoms with Crippen LogP contribution in [-0.4, -0.2) is 59.8 Å². The third-order valence-electron chi connectivity index (χ3n) is 4.70. The summed E-state index contributed by atoms with van der Waals surface area (Å²) in [4.78, 5) is 0. The standard InChI is InChI=1S/C17H38ClO3P/c1-2-3-4-5-6-7-14-22(18,15-8-11-19,16-9-12-20)17-10-13-21/h19-21H,2-17H2,1H3. The average Bonchev–Trinajstić information content (AvgIpc) is 2.53. The Morgan fingerprint density at radius 3 is 1.36 bits per heavy atom. The van der Waals surface area contributed by atoms with Gasteiger partial charge in [0.05, 0.1) is 0 Å². The van der Waals surface area contributed by atoms with Crippen molar-refractivity contribution in [2.24, 2.45) is 0 Å². The molecule has 0 fully saturated rings. The van der Waals surface area contributed by atoms with E-state index < -0.39 is 5.96 Å². The van der Waals surface area contributed by atoms with E-state index >= 15 is 0 Å². The van der Waals surface area contributed by atoms with Crippen molar-refractivity contribution in [3.63, 3.8) is 0 Å². The number of hydrogen-bond donors (Lipinski definition) is 3. The zero-order valence-corrected chi connectivity index (χ0v) is 16.1. The Morgan fingerprint density at radius 2 is 0.955 bits per heavy atom. The van der Waals surface area contributed by atoms with Crippen LogP contribution in [0.5, 0.6) is 0 Å². The number of aliphatic hydroxyl groups excluding tert-OH is 3. The van der Waals surface area contributed by atoms with E-state index in [0.717, 1.165) is 50.3 Å². The van der Waals surface area contributed by atoms with Gasteiger partial charge in [-0.1, -0.05) is 0 Å².